The van der Waals surface area contributed by atoms with E-state index in [4.69, 9.17) is 11.6 Å². The van der Waals surface area contributed by atoms with Crippen LogP contribution in [0.2, 0.25) is 5.02 Å². The van der Waals surface area contributed by atoms with Gasteiger partial charge in [-0.15, -0.1) is 0 Å². The second kappa shape index (κ2) is 6.93. The standard InChI is InChI=1S/C23H23ClFNO2/c1-13-7-9-23(10-8-13)21(27)20(22(28)26-23)17-11-15(4-3-14(17)2)16-5-6-18(24)19(25)12-16/h3-6,11-13,27H,7-10H2,1-2H3,(H,26,28). The number of halogens is 2. The molecule has 2 aliphatic rings. The lowest BCUT2D eigenvalue weighted by molar-refractivity contribution is -0.116. The predicted molar refractivity (Wildman–Crippen MR) is 110 cm³/mol. The predicted octanol–water partition coefficient (Wildman–Crippen LogP) is 5.80. The second-order valence-electron chi connectivity index (χ2n) is 8.10. The first-order valence-electron chi connectivity index (χ1n) is 9.63. The Labute approximate surface area is 169 Å². The van der Waals surface area contributed by atoms with Crippen molar-refractivity contribution in [3.8, 4) is 11.1 Å². The van der Waals surface area contributed by atoms with Gasteiger partial charge in [-0.3, -0.25) is 4.79 Å². The van der Waals surface area contributed by atoms with Crippen molar-refractivity contribution in [3.05, 3.63) is 64.1 Å². The molecule has 1 heterocycles. The number of aliphatic hydroxyl groups excluding tert-OH is 1. The van der Waals surface area contributed by atoms with E-state index in [0.717, 1.165) is 36.8 Å². The van der Waals surface area contributed by atoms with Gasteiger partial charge in [0.1, 0.15) is 11.6 Å². The molecule has 0 saturated heterocycles. The van der Waals surface area contributed by atoms with Gasteiger partial charge in [0.25, 0.3) is 5.91 Å². The molecular formula is C23H23ClFNO2. The Morgan fingerprint density at radius 1 is 1.14 bits per heavy atom. The van der Waals surface area contributed by atoms with Crippen LogP contribution in [0.15, 0.2) is 42.2 Å². The number of aryl methyl sites for hydroxylation is 1. The molecule has 5 heteroatoms. The van der Waals surface area contributed by atoms with E-state index >= 15 is 0 Å². The van der Waals surface area contributed by atoms with Crippen LogP contribution in [0.3, 0.4) is 0 Å². The lowest BCUT2D eigenvalue weighted by Gasteiger charge is -2.36. The zero-order valence-electron chi connectivity index (χ0n) is 16.0. The van der Waals surface area contributed by atoms with Crippen LogP contribution in [0, 0.1) is 18.7 Å². The average molecular weight is 400 g/mol. The number of benzene rings is 2. The minimum Gasteiger partial charge on any atom is -0.509 e. The molecule has 0 radical (unpaired) electrons. The first-order valence-corrected chi connectivity index (χ1v) is 10.0. The summed E-state index contributed by atoms with van der Waals surface area (Å²) < 4.78 is 13.9. The Morgan fingerprint density at radius 3 is 2.46 bits per heavy atom. The first-order chi connectivity index (χ1) is 13.3. The molecule has 1 fully saturated rings. The SMILES string of the molecule is Cc1ccc(-c2ccc(Cl)c(F)c2)cc1C1=C(O)C2(CCC(C)CC2)NC1=O. The van der Waals surface area contributed by atoms with Crippen LogP contribution in [0.25, 0.3) is 16.7 Å². The Kier molecular flexibility index (Phi) is 4.70. The third kappa shape index (κ3) is 3.10. The molecule has 2 aromatic rings. The lowest BCUT2D eigenvalue weighted by atomic mass is 9.76. The summed E-state index contributed by atoms with van der Waals surface area (Å²) in [5, 5.41) is 14.2. The zero-order chi connectivity index (χ0) is 20.1. The molecule has 1 aliphatic carbocycles. The zero-order valence-corrected chi connectivity index (χ0v) is 16.7. The van der Waals surface area contributed by atoms with Gasteiger partial charge in [-0.05, 0) is 79.0 Å². The van der Waals surface area contributed by atoms with Crippen molar-refractivity contribution in [1.29, 1.82) is 0 Å². The van der Waals surface area contributed by atoms with Gasteiger partial charge >= 0.3 is 0 Å². The maximum absolute atomic E-state index is 13.9. The van der Waals surface area contributed by atoms with Crippen LogP contribution in [0.1, 0.15) is 43.7 Å². The fourth-order valence-electron chi connectivity index (χ4n) is 4.30. The summed E-state index contributed by atoms with van der Waals surface area (Å²) in [6.45, 7) is 4.10. The molecule has 2 N–H and O–H groups in total. The lowest BCUT2D eigenvalue weighted by Crippen LogP contribution is -2.47. The third-order valence-electron chi connectivity index (χ3n) is 6.16. The van der Waals surface area contributed by atoms with Gasteiger partial charge < -0.3 is 10.4 Å². The van der Waals surface area contributed by atoms with Gasteiger partial charge in [-0.2, -0.15) is 0 Å². The van der Waals surface area contributed by atoms with E-state index in [1.807, 2.05) is 25.1 Å². The van der Waals surface area contributed by atoms with Crippen LogP contribution in [0.4, 0.5) is 4.39 Å². The van der Waals surface area contributed by atoms with Gasteiger partial charge in [0.2, 0.25) is 0 Å². The van der Waals surface area contributed by atoms with Crippen molar-refractivity contribution in [2.24, 2.45) is 5.92 Å². The summed E-state index contributed by atoms with van der Waals surface area (Å²) in [6, 6.07) is 10.2. The number of aliphatic hydroxyl groups is 1. The second-order valence-corrected chi connectivity index (χ2v) is 8.51. The highest BCUT2D eigenvalue weighted by Crippen LogP contribution is 2.43. The summed E-state index contributed by atoms with van der Waals surface area (Å²) in [4.78, 5) is 12.8. The minimum absolute atomic E-state index is 0.0695. The van der Waals surface area contributed by atoms with Crippen LogP contribution in [-0.4, -0.2) is 16.6 Å². The summed E-state index contributed by atoms with van der Waals surface area (Å²) in [7, 11) is 0. The molecule has 1 aliphatic heterocycles. The Hall–Kier alpha value is -2.33. The van der Waals surface area contributed by atoms with Crippen molar-refractivity contribution >= 4 is 23.1 Å². The number of hydrogen-bond donors (Lipinski definition) is 2. The summed E-state index contributed by atoms with van der Waals surface area (Å²) in [5.74, 6) is 0.0167. The fraction of sp³-hybridized carbons (Fsp3) is 0.348. The molecule has 28 heavy (non-hydrogen) atoms. The molecule has 4 rings (SSSR count). The highest BCUT2D eigenvalue weighted by molar-refractivity contribution is 6.30. The molecule has 146 valence electrons. The molecule has 2 aromatic carbocycles. The smallest absolute Gasteiger partial charge is 0.256 e. The van der Waals surface area contributed by atoms with Gasteiger partial charge in [0.15, 0.2) is 0 Å². The first kappa shape index (κ1) is 19.0. The fourth-order valence-corrected chi connectivity index (χ4v) is 4.42. The summed E-state index contributed by atoms with van der Waals surface area (Å²) in [5.41, 5.74) is 2.69. The number of hydrogen-bond acceptors (Lipinski definition) is 2. The normalized spacial score (nSPS) is 24.7. The van der Waals surface area contributed by atoms with Gasteiger partial charge in [0, 0.05) is 0 Å². The number of carbonyl (C=O) groups excluding carboxylic acids is 1. The Morgan fingerprint density at radius 2 is 1.79 bits per heavy atom. The van der Waals surface area contributed by atoms with E-state index in [-0.39, 0.29) is 16.7 Å². The molecule has 0 unspecified atom stereocenters. The Bertz CT molecular complexity index is 990. The monoisotopic (exact) mass is 399 g/mol. The summed E-state index contributed by atoms with van der Waals surface area (Å²) in [6.07, 6.45) is 3.44. The van der Waals surface area contributed by atoms with E-state index in [1.165, 1.54) is 12.1 Å². The average Bonchev–Trinajstić information content (AvgIpc) is 2.91. The number of rotatable bonds is 2. The van der Waals surface area contributed by atoms with Crippen molar-refractivity contribution in [2.45, 2.75) is 45.1 Å². The van der Waals surface area contributed by atoms with E-state index in [2.05, 4.69) is 12.2 Å². The highest BCUT2D eigenvalue weighted by Gasteiger charge is 2.47. The highest BCUT2D eigenvalue weighted by atomic mass is 35.5. The van der Waals surface area contributed by atoms with Crippen molar-refractivity contribution in [2.75, 3.05) is 0 Å². The summed E-state index contributed by atoms with van der Waals surface area (Å²) >= 11 is 5.79. The van der Waals surface area contributed by atoms with E-state index in [0.29, 0.717) is 22.6 Å². The van der Waals surface area contributed by atoms with Crippen molar-refractivity contribution in [1.82, 2.24) is 5.32 Å². The number of nitrogens with one attached hydrogen (secondary N) is 1. The van der Waals surface area contributed by atoms with Gasteiger partial charge in [-0.25, -0.2) is 4.39 Å². The van der Waals surface area contributed by atoms with Crippen LogP contribution >= 0.6 is 11.6 Å². The maximum Gasteiger partial charge on any atom is 0.256 e. The number of amides is 1. The quantitative estimate of drug-likeness (QED) is 0.670. The minimum atomic E-state index is -0.645. The van der Waals surface area contributed by atoms with Gasteiger partial charge in [0.05, 0.1) is 16.1 Å². The third-order valence-corrected chi connectivity index (χ3v) is 6.46. The molecule has 1 amide bonds. The van der Waals surface area contributed by atoms with Gasteiger partial charge in [-0.1, -0.05) is 36.7 Å². The molecule has 1 saturated carbocycles. The molecule has 1 spiro atoms. The van der Waals surface area contributed by atoms with E-state index in [1.54, 1.807) is 6.07 Å². The molecule has 0 bridgehead atoms. The maximum atomic E-state index is 13.9. The van der Waals surface area contributed by atoms with Crippen molar-refractivity contribution in [3.63, 3.8) is 0 Å². The van der Waals surface area contributed by atoms with Crippen LogP contribution in [-0.2, 0) is 4.79 Å². The molecular weight excluding hydrogens is 377 g/mol. The van der Waals surface area contributed by atoms with Crippen molar-refractivity contribution < 1.29 is 14.3 Å². The molecule has 0 atom stereocenters. The van der Waals surface area contributed by atoms with Crippen LogP contribution < -0.4 is 5.32 Å². The molecule has 0 aromatic heterocycles. The largest absolute Gasteiger partial charge is 0.509 e. The number of carbonyl (C=O) groups is 1. The van der Waals surface area contributed by atoms with Crippen LogP contribution in [0.5, 0.6) is 0 Å². The van der Waals surface area contributed by atoms with E-state index < -0.39 is 11.4 Å². The molecule has 3 nitrogen and oxygen atoms in total. The topological polar surface area (TPSA) is 49.3 Å². The van der Waals surface area contributed by atoms with E-state index in [9.17, 15) is 14.3 Å². The Balaban J connectivity index is 1.79.